The molecule has 1 fully saturated rings. The summed E-state index contributed by atoms with van der Waals surface area (Å²) in [5.74, 6) is -0.729. The van der Waals surface area contributed by atoms with Crippen LogP contribution in [0.1, 0.15) is 39.0 Å². The van der Waals surface area contributed by atoms with Crippen molar-refractivity contribution in [2.45, 2.75) is 50.6 Å². The molecule has 118 valence electrons. The smallest absolute Gasteiger partial charge is 0.323 e. The monoisotopic (exact) mass is 285 g/mol. The fourth-order valence-corrected chi connectivity index (χ4v) is 3.10. The number of piperidine rings is 1. The highest BCUT2D eigenvalue weighted by Crippen LogP contribution is 2.19. The molecule has 0 amide bonds. The molecule has 1 saturated heterocycles. The molecule has 1 aliphatic heterocycles. The summed E-state index contributed by atoms with van der Waals surface area (Å²) < 4.78 is 0. The molecule has 1 rings (SSSR count). The van der Waals surface area contributed by atoms with Crippen molar-refractivity contribution >= 4 is 5.97 Å². The minimum Gasteiger partial charge on any atom is -0.480 e. The second-order valence-electron chi connectivity index (χ2n) is 6.15. The Bertz CT molecular complexity index is 303. The number of likely N-dealkylation sites (tertiary alicyclic amines) is 1. The highest BCUT2D eigenvalue weighted by Gasteiger charge is 2.34. The zero-order valence-electron chi connectivity index (χ0n) is 13.5. The second-order valence-corrected chi connectivity index (χ2v) is 6.15. The van der Waals surface area contributed by atoms with E-state index >= 15 is 0 Å². The third kappa shape index (κ3) is 4.43. The predicted octanol–water partition coefficient (Wildman–Crippen LogP) is 1.25. The van der Waals surface area contributed by atoms with Crippen molar-refractivity contribution in [1.82, 2.24) is 15.1 Å². The first kappa shape index (κ1) is 17.4. The average Bonchev–Trinajstić information content (AvgIpc) is 2.44. The fraction of sp³-hybridized carbons (Fsp3) is 0.933. The van der Waals surface area contributed by atoms with Gasteiger partial charge in [0.1, 0.15) is 5.54 Å². The van der Waals surface area contributed by atoms with Crippen LogP contribution in [-0.2, 0) is 4.79 Å². The summed E-state index contributed by atoms with van der Waals surface area (Å²) in [6.07, 6.45) is 4.76. The molecule has 0 aromatic heterocycles. The summed E-state index contributed by atoms with van der Waals surface area (Å²) in [7, 11) is 6.03. The molecule has 2 unspecified atom stereocenters. The minimum atomic E-state index is -0.753. The van der Waals surface area contributed by atoms with Crippen LogP contribution in [-0.4, -0.2) is 73.2 Å². The van der Waals surface area contributed by atoms with Crippen LogP contribution < -0.4 is 5.32 Å². The Morgan fingerprint density at radius 1 is 1.50 bits per heavy atom. The maximum Gasteiger partial charge on any atom is 0.323 e. The zero-order valence-corrected chi connectivity index (χ0v) is 13.5. The molecule has 2 atom stereocenters. The molecule has 0 spiro atoms. The van der Waals surface area contributed by atoms with E-state index in [1.807, 2.05) is 6.92 Å². The largest absolute Gasteiger partial charge is 0.480 e. The molecular formula is C15H31N3O2. The van der Waals surface area contributed by atoms with Crippen LogP contribution in [0.15, 0.2) is 0 Å². The number of carboxylic acids is 1. The van der Waals surface area contributed by atoms with Gasteiger partial charge in [-0.25, -0.2) is 0 Å². The van der Waals surface area contributed by atoms with E-state index in [1.54, 1.807) is 7.05 Å². The number of likely N-dealkylation sites (N-methyl/N-ethyl adjacent to an activating group) is 2. The van der Waals surface area contributed by atoms with Crippen LogP contribution in [0.2, 0.25) is 0 Å². The lowest BCUT2D eigenvalue weighted by Crippen LogP contribution is -2.50. The Morgan fingerprint density at radius 2 is 2.20 bits per heavy atom. The lowest BCUT2D eigenvalue weighted by molar-refractivity contribution is -0.145. The van der Waals surface area contributed by atoms with Gasteiger partial charge in [-0.2, -0.15) is 0 Å². The molecular weight excluding hydrogens is 254 g/mol. The highest BCUT2D eigenvalue weighted by atomic mass is 16.4. The van der Waals surface area contributed by atoms with Gasteiger partial charge in [0, 0.05) is 12.6 Å². The van der Waals surface area contributed by atoms with E-state index < -0.39 is 11.5 Å². The molecule has 1 aliphatic rings. The molecule has 5 nitrogen and oxygen atoms in total. The van der Waals surface area contributed by atoms with Crippen molar-refractivity contribution in [2.24, 2.45) is 0 Å². The van der Waals surface area contributed by atoms with Crippen molar-refractivity contribution in [3.05, 3.63) is 0 Å². The molecule has 0 aromatic carbocycles. The van der Waals surface area contributed by atoms with E-state index in [1.165, 1.54) is 12.8 Å². The Labute approximate surface area is 123 Å². The number of nitrogens with one attached hydrogen (secondary N) is 1. The minimum absolute atomic E-state index is 0.624. The Hall–Kier alpha value is -0.650. The van der Waals surface area contributed by atoms with Crippen LogP contribution in [0, 0.1) is 0 Å². The van der Waals surface area contributed by atoms with E-state index in [2.05, 4.69) is 29.2 Å². The van der Waals surface area contributed by atoms with Gasteiger partial charge in [0.05, 0.1) is 0 Å². The van der Waals surface area contributed by atoms with Crippen molar-refractivity contribution in [3.63, 3.8) is 0 Å². The first-order valence-corrected chi connectivity index (χ1v) is 7.76. The van der Waals surface area contributed by atoms with Gasteiger partial charge in [0.25, 0.3) is 0 Å². The zero-order chi connectivity index (χ0) is 15.2. The third-order valence-electron chi connectivity index (χ3n) is 4.78. The standard InChI is InChI=1S/C15H31N3O2/c1-5-15(16-2,14(19)20)9-7-11-18-10-6-8-13(12-18)17(3)4/h13,16H,5-12H2,1-4H3,(H,19,20). The first-order valence-electron chi connectivity index (χ1n) is 7.76. The molecule has 20 heavy (non-hydrogen) atoms. The van der Waals surface area contributed by atoms with Crippen molar-refractivity contribution in [2.75, 3.05) is 40.8 Å². The van der Waals surface area contributed by atoms with E-state index in [-0.39, 0.29) is 0 Å². The van der Waals surface area contributed by atoms with E-state index in [9.17, 15) is 9.90 Å². The summed E-state index contributed by atoms with van der Waals surface area (Å²) in [5, 5.41) is 12.4. The van der Waals surface area contributed by atoms with Crippen LogP contribution in [0.25, 0.3) is 0 Å². The number of hydrogen-bond donors (Lipinski definition) is 2. The quantitative estimate of drug-likeness (QED) is 0.703. The molecule has 1 heterocycles. The Kier molecular flexibility index (Phi) is 6.92. The summed E-state index contributed by atoms with van der Waals surface area (Å²) in [6, 6.07) is 0.642. The van der Waals surface area contributed by atoms with Crippen molar-refractivity contribution < 1.29 is 9.90 Å². The lowest BCUT2D eigenvalue weighted by Gasteiger charge is -2.36. The summed E-state index contributed by atoms with van der Waals surface area (Å²) in [6.45, 7) is 5.20. The number of nitrogens with zero attached hydrogens (tertiary/aromatic N) is 2. The Balaban J connectivity index is 2.41. The highest BCUT2D eigenvalue weighted by molar-refractivity contribution is 5.78. The maximum atomic E-state index is 11.4. The molecule has 0 aliphatic carbocycles. The van der Waals surface area contributed by atoms with Gasteiger partial charge in [0.2, 0.25) is 0 Å². The summed E-state index contributed by atoms with van der Waals surface area (Å²) >= 11 is 0. The molecule has 2 N–H and O–H groups in total. The normalized spacial score (nSPS) is 23.8. The van der Waals surface area contributed by atoms with E-state index in [0.717, 1.165) is 26.1 Å². The van der Waals surface area contributed by atoms with E-state index in [4.69, 9.17) is 0 Å². The van der Waals surface area contributed by atoms with E-state index in [0.29, 0.717) is 18.9 Å². The molecule has 0 bridgehead atoms. The molecule has 0 saturated carbocycles. The number of aliphatic carboxylic acids is 1. The lowest BCUT2D eigenvalue weighted by atomic mass is 9.90. The van der Waals surface area contributed by atoms with Gasteiger partial charge >= 0.3 is 5.97 Å². The molecule has 0 aromatic rings. The molecule has 5 heteroatoms. The number of hydrogen-bond acceptors (Lipinski definition) is 4. The van der Waals surface area contributed by atoms with Gasteiger partial charge in [0.15, 0.2) is 0 Å². The van der Waals surface area contributed by atoms with Crippen LogP contribution in [0.3, 0.4) is 0 Å². The van der Waals surface area contributed by atoms with Crippen molar-refractivity contribution in [3.8, 4) is 0 Å². The first-order chi connectivity index (χ1) is 9.45. The van der Waals surface area contributed by atoms with Gasteiger partial charge in [-0.1, -0.05) is 6.92 Å². The predicted molar refractivity (Wildman–Crippen MR) is 82.1 cm³/mol. The molecule has 0 radical (unpaired) electrons. The van der Waals surface area contributed by atoms with Crippen molar-refractivity contribution in [1.29, 1.82) is 0 Å². The van der Waals surface area contributed by atoms with Gasteiger partial charge in [-0.3, -0.25) is 4.79 Å². The Morgan fingerprint density at radius 3 is 2.70 bits per heavy atom. The fourth-order valence-electron chi connectivity index (χ4n) is 3.10. The van der Waals surface area contributed by atoms with Crippen LogP contribution in [0.5, 0.6) is 0 Å². The second kappa shape index (κ2) is 7.96. The topological polar surface area (TPSA) is 55.8 Å². The number of carboxylic acid groups (broad SMARTS) is 1. The SMILES string of the molecule is CCC(CCCN1CCCC(N(C)C)C1)(NC)C(=O)O. The van der Waals surface area contributed by atoms with Crippen LogP contribution >= 0.6 is 0 Å². The average molecular weight is 285 g/mol. The van der Waals surface area contributed by atoms with Gasteiger partial charge < -0.3 is 20.2 Å². The van der Waals surface area contributed by atoms with Crippen LogP contribution in [0.4, 0.5) is 0 Å². The number of carbonyl (C=O) groups is 1. The summed E-state index contributed by atoms with van der Waals surface area (Å²) in [5.41, 5.74) is -0.753. The number of rotatable bonds is 8. The van der Waals surface area contributed by atoms with Gasteiger partial charge in [-0.05, 0) is 66.3 Å². The summed E-state index contributed by atoms with van der Waals surface area (Å²) in [4.78, 5) is 16.2. The third-order valence-corrected chi connectivity index (χ3v) is 4.78. The maximum absolute atomic E-state index is 11.4. The van der Waals surface area contributed by atoms with Gasteiger partial charge in [-0.15, -0.1) is 0 Å².